The van der Waals surface area contributed by atoms with E-state index in [1.165, 1.54) is 11.8 Å². The van der Waals surface area contributed by atoms with Gasteiger partial charge in [-0.3, -0.25) is 0 Å². The summed E-state index contributed by atoms with van der Waals surface area (Å²) >= 11 is 10.8. The molecule has 4 nitrogen and oxygen atoms in total. The zero-order valence-electron chi connectivity index (χ0n) is 9.35. The van der Waals surface area contributed by atoms with Crippen molar-refractivity contribution in [2.75, 3.05) is 12.0 Å². The molecule has 0 unspecified atom stereocenters. The molecule has 1 heterocycles. The van der Waals surface area contributed by atoms with Crippen LogP contribution in [0.4, 0.5) is 5.82 Å². The highest BCUT2D eigenvalue weighted by atomic mass is 79.9. The Bertz CT molecular complexity index is 582. The molecular weight excluding hydrogens is 338 g/mol. The number of ether oxygens (including phenoxy) is 1. The molecule has 0 radical (unpaired) electrons. The Morgan fingerprint density at radius 2 is 2.11 bits per heavy atom. The maximum Gasteiger partial charge on any atom is 0.225 e. The monoisotopic (exact) mass is 345 g/mol. The van der Waals surface area contributed by atoms with Gasteiger partial charge in [0.2, 0.25) is 5.88 Å². The molecule has 2 N–H and O–H groups in total. The molecule has 0 aliphatic rings. The highest BCUT2D eigenvalue weighted by Gasteiger charge is 2.07. The maximum absolute atomic E-state index is 6.06. The van der Waals surface area contributed by atoms with Crippen LogP contribution in [0.15, 0.2) is 33.9 Å². The summed E-state index contributed by atoms with van der Waals surface area (Å²) in [6, 6.07) is 6.89. The van der Waals surface area contributed by atoms with E-state index >= 15 is 0 Å². The highest BCUT2D eigenvalue weighted by molar-refractivity contribution is 9.10. The van der Waals surface area contributed by atoms with Crippen LogP contribution < -0.4 is 10.5 Å². The number of halogens is 2. The fraction of sp³-hybridized carbons (Fsp3) is 0.0909. The maximum atomic E-state index is 6.06. The summed E-state index contributed by atoms with van der Waals surface area (Å²) in [5, 5.41) is 1.05. The lowest BCUT2D eigenvalue weighted by molar-refractivity contribution is 0.456. The van der Waals surface area contributed by atoms with E-state index in [-0.39, 0.29) is 0 Å². The van der Waals surface area contributed by atoms with E-state index in [1.807, 2.05) is 12.3 Å². The summed E-state index contributed by atoms with van der Waals surface area (Å²) in [5.41, 5.74) is 5.67. The Hall–Kier alpha value is -0.980. The fourth-order valence-electron chi connectivity index (χ4n) is 1.23. The molecule has 94 valence electrons. The molecule has 2 aromatic rings. The van der Waals surface area contributed by atoms with Gasteiger partial charge in [-0.2, -0.15) is 4.98 Å². The first-order valence-electron chi connectivity index (χ1n) is 4.90. The predicted molar refractivity (Wildman–Crippen MR) is 77.5 cm³/mol. The number of rotatable bonds is 3. The fourth-order valence-corrected chi connectivity index (χ4v) is 2.32. The van der Waals surface area contributed by atoms with Crippen molar-refractivity contribution in [3.63, 3.8) is 0 Å². The molecule has 0 amide bonds. The molecule has 0 spiro atoms. The second-order valence-corrected chi connectivity index (χ2v) is 5.39. The van der Waals surface area contributed by atoms with Gasteiger partial charge < -0.3 is 10.5 Å². The molecule has 1 aromatic carbocycles. The SMILES string of the molecule is CSc1nc(N)cc(Oc2ccc(Br)cc2Cl)n1. The molecule has 7 heteroatoms. The first kappa shape index (κ1) is 13.5. The van der Waals surface area contributed by atoms with Crippen molar-refractivity contribution in [3.05, 3.63) is 33.8 Å². The standard InChI is InChI=1S/C11H9BrClN3OS/c1-18-11-15-9(14)5-10(16-11)17-8-3-2-6(12)4-7(8)13/h2-5H,1H3,(H2,14,15,16). The Kier molecular flexibility index (Phi) is 4.31. The topological polar surface area (TPSA) is 61.0 Å². The van der Waals surface area contributed by atoms with E-state index in [0.717, 1.165) is 4.47 Å². The van der Waals surface area contributed by atoms with Crippen LogP contribution in [0.5, 0.6) is 11.6 Å². The minimum Gasteiger partial charge on any atom is -0.437 e. The minimum absolute atomic E-state index is 0.359. The minimum atomic E-state index is 0.359. The number of thioether (sulfide) groups is 1. The third kappa shape index (κ3) is 3.28. The van der Waals surface area contributed by atoms with Crippen LogP contribution in [-0.2, 0) is 0 Å². The number of nitrogen functional groups attached to an aromatic ring is 1. The summed E-state index contributed by atoms with van der Waals surface area (Å²) in [6.07, 6.45) is 1.87. The Morgan fingerprint density at radius 1 is 1.33 bits per heavy atom. The summed E-state index contributed by atoms with van der Waals surface area (Å²) in [4.78, 5) is 8.23. The van der Waals surface area contributed by atoms with Crippen LogP contribution in [0, 0.1) is 0 Å². The van der Waals surface area contributed by atoms with Crippen molar-refractivity contribution in [3.8, 4) is 11.6 Å². The zero-order chi connectivity index (χ0) is 13.1. The van der Waals surface area contributed by atoms with Gasteiger partial charge in [0, 0.05) is 10.5 Å². The van der Waals surface area contributed by atoms with Crippen molar-refractivity contribution in [1.82, 2.24) is 9.97 Å². The normalized spacial score (nSPS) is 10.4. The molecule has 0 saturated carbocycles. The summed E-state index contributed by atoms with van der Waals surface area (Å²) in [5.74, 6) is 1.25. The predicted octanol–water partition coefficient (Wildman–Crippen LogP) is 3.99. The molecule has 0 atom stereocenters. The van der Waals surface area contributed by atoms with Gasteiger partial charge in [0.25, 0.3) is 0 Å². The summed E-state index contributed by atoms with van der Waals surface area (Å²) < 4.78 is 6.47. The van der Waals surface area contributed by atoms with E-state index in [4.69, 9.17) is 22.1 Å². The molecule has 18 heavy (non-hydrogen) atoms. The molecule has 0 aliphatic carbocycles. The lowest BCUT2D eigenvalue weighted by Gasteiger charge is -2.08. The zero-order valence-corrected chi connectivity index (χ0v) is 12.5. The van der Waals surface area contributed by atoms with Gasteiger partial charge in [0.1, 0.15) is 11.6 Å². The average molecular weight is 347 g/mol. The molecule has 0 saturated heterocycles. The van der Waals surface area contributed by atoms with Gasteiger partial charge in [0.05, 0.1) is 5.02 Å². The van der Waals surface area contributed by atoms with E-state index in [1.54, 1.807) is 18.2 Å². The van der Waals surface area contributed by atoms with Gasteiger partial charge in [0.15, 0.2) is 5.16 Å². The third-order valence-electron chi connectivity index (χ3n) is 1.99. The number of aromatic nitrogens is 2. The first-order chi connectivity index (χ1) is 8.58. The van der Waals surface area contributed by atoms with Gasteiger partial charge in [-0.05, 0) is 24.5 Å². The summed E-state index contributed by atoms with van der Waals surface area (Å²) in [7, 11) is 0. The van der Waals surface area contributed by atoms with Crippen molar-refractivity contribution in [2.45, 2.75) is 5.16 Å². The Labute approximate surface area is 122 Å². The lowest BCUT2D eigenvalue weighted by Crippen LogP contribution is -1.97. The van der Waals surface area contributed by atoms with Crippen molar-refractivity contribution < 1.29 is 4.74 Å². The average Bonchev–Trinajstić information content (AvgIpc) is 2.32. The van der Waals surface area contributed by atoms with Gasteiger partial charge >= 0.3 is 0 Å². The van der Waals surface area contributed by atoms with Gasteiger partial charge in [-0.1, -0.05) is 39.3 Å². The van der Waals surface area contributed by atoms with Crippen molar-refractivity contribution >= 4 is 45.1 Å². The second-order valence-electron chi connectivity index (χ2n) is 3.29. The third-order valence-corrected chi connectivity index (χ3v) is 3.33. The summed E-state index contributed by atoms with van der Waals surface area (Å²) in [6.45, 7) is 0. The van der Waals surface area contributed by atoms with Crippen LogP contribution in [0.3, 0.4) is 0 Å². The van der Waals surface area contributed by atoms with Crippen LogP contribution >= 0.6 is 39.3 Å². The smallest absolute Gasteiger partial charge is 0.225 e. The molecule has 0 aliphatic heterocycles. The van der Waals surface area contributed by atoms with Crippen molar-refractivity contribution in [2.24, 2.45) is 0 Å². The van der Waals surface area contributed by atoms with Crippen LogP contribution in [0.1, 0.15) is 0 Å². The second kappa shape index (κ2) is 5.77. The van der Waals surface area contributed by atoms with Crippen LogP contribution in [-0.4, -0.2) is 16.2 Å². The quantitative estimate of drug-likeness (QED) is 0.672. The lowest BCUT2D eigenvalue weighted by atomic mass is 10.3. The molecule has 2 rings (SSSR count). The number of benzene rings is 1. The van der Waals surface area contributed by atoms with Gasteiger partial charge in [-0.25, -0.2) is 4.98 Å². The first-order valence-corrected chi connectivity index (χ1v) is 7.29. The number of nitrogens with two attached hydrogens (primary N) is 1. The number of nitrogens with zero attached hydrogens (tertiary/aromatic N) is 2. The Morgan fingerprint density at radius 3 is 2.78 bits per heavy atom. The molecule has 0 bridgehead atoms. The Balaban J connectivity index is 2.30. The van der Waals surface area contributed by atoms with Gasteiger partial charge in [-0.15, -0.1) is 0 Å². The number of anilines is 1. The largest absolute Gasteiger partial charge is 0.437 e. The van der Waals surface area contributed by atoms with Crippen molar-refractivity contribution in [1.29, 1.82) is 0 Å². The number of hydrogen-bond donors (Lipinski definition) is 1. The van der Waals surface area contributed by atoms with E-state index in [2.05, 4.69) is 25.9 Å². The molecule has 1 aromatic heterocycles. The van der Waals surface area contributed by atoms with Crippen LogP contribution in [0.25, 0.3) is 0 Å². The van der Waals surface area contributed by atoms with E-state index in [9.17, 15) is 0 Å². The van der Waals surface area contributed by atoms with E-state index < -0.39 is 0 Å². The number of hydrogen-bond acceptors (Lipinski definition) is 5. The molecule has 0 fully saturated rings. The van der Waals surface area contributed by atoms with E-state index in [0.29, 0.717) is 27.6 Å². The highest BCUT2D eigenvalue weighted by Crippen LogP contribution is 2.31. The molecular formula is C11H9BrClN3OS. The van der Waals surface area contributed by atoms with Crippen LogP contribution in [0.2, 0.25) is 5.02 Å².